The Morgan fingerprint density at radius 1 is 1.26 bits per heavy atom. The molecule has 0 saturated carbocycles. The van der Waals surface area contributed by atoms with Gasteiger partial charge in [0, 0.05) is 55.1 Å². The van der Waals surface area contributed by atoms with Crippen LogP contribution in [0.25, 0.3) is 11.3 Å². The van der Waals surface area contributed by atoms with E-state index in [0.717, 1.165) is 45.6 Å². The first kappa shape index (κ1) is 22.4. The fourth-order valence-corrected chi connectivity index (χ4v) is 3.99. The van der Waals surface area contributed by atoms with E-state index in [1.54, 1.807) is 5.01 Å². The molecule has 1 unspecified atom stereocenters. The van der Waals surface area contributed by atoms with Crippen LogP contribution in [-0.4, -0.2) is 36.5 Å². The van der Waals surface area contributed by atoms with E-state index in [9.17, 15) is 0 Å². The van der Waals surface area contributed by atoms with Crippen molar-refractivity contribution in [1.29, 1.82) is 5.41 Å². The van der Waals surface area contributed by atoms with Crippen LogP contribution in [0.5, 0.6) is 0 Å². The molecule has 7 heteroatoms. The van der Waals surface area contributed by atoms with Crippen LogP contribution in [0.1, 0.15) is 41.6 Å². The molecule has 0 aliphatic carbocycles. The van der Waals surface area contributed by atoms with E-state index >= 15 is 0 Å². The summed E-state index contributed by atoms with van der Waals surface area (Å²) in [4.78, 5) is 0. The quantitative estimate of drug-likeness (QED) is 0.302. The Bertz CT molecular complexity index is 976. The van der Waals surface area contributed by atoms with Gasteiger partial charge in [-0.1, -0.05) is 24.3 Å². The van der Waals surface area contributed by atoms with Crippen LogP contribution < -0.4 is 22.2 Å². The molecule has 2 aromatic rings. The molecule has 0 saturated heterocycles. The van der Waals surface area contributed by atoms with Crippen molar-refractivity contribution in [1.82, 2.24) is 10.3 Å². The third-order valence-corrected chi connectivity index (χ3v) is 5.49. The first-order valence-electron chi connectivity index (χ1n) is 10.5. The molecule has 1 atom stereocenters. The van der Waals surface area contributed by atoms with Gasteiger partial charge in [-0.2, -0.15) is 0 Å². The van der Waals surface area contributed by atoms with Crippen molar-refractivity contribution in [2.45, 2.75) is 25.8 Å². The lowest BCUT2D eigenvalue weighted by Crippen LogP contribution is -2.31. The second-order valence-corrected chi connectivity index (χ2v) is 7.72. The predicted molar refractivity (Wildman–Crippen MR) is 128 cm³/mol. The summed E-state index contributed by atoms with van der Waals surface area (Å²) in [5, 5.41) is 25.3. The zero-order valence-electron chi connectivity index (χ0n) is 18.2. The molecule has 3 rings (SSSR count). The van der Waals surface area contributed by atoms with Gasteiger partial charge in [0.2, 0.25) is 0 Å². The van der Waals surface area contributed by atoms with Gasteiger partial charge in [-0.3, -0.25) is 0 Å². The predicted octanol–water partition coefficient (Wildman–Crippen LogP) is 2.81. The van der Waals surface area contributed by atoms with E-state index in [1.807, 2.05) is 56.6 Å². The molecule has 0 bridgehead atoms. The molecule has 164 valence electrons. The number of hydrogen-bond donors (Lipinski definition) is 6. The molecule has 0 spiro atoms. The van der Waals surface area contributed by atoms with Crippen LogP contribution in [0.3, 0.4) is 0 Å². The summed E-state index contributed by atoms with van der Waals surface area (Å²) in [5.74, 6) is 6.36. The van der Waals surface area contributed by atoms with Gasteiger partial charge >= 0.3 is 0 Å². The van der Waals surface area contributed by atoms with Crippen LogP contribution >= 0.6 is 0 Å². The number of fused-ring (bicyclic) bond motifs is 1. The maximum Gasteiger partial charge on any atom is 0.0777 e. The maximum atomic E-state index is 9.14. The summed E-state index contributed by atoms with van der Waals surface area (Å²) in [6, 6.07) is 14.3. The monoisotopic (exact) mass is 420 g/mol. The molecule has 1 heterocycles. The number of aliphatic hydroxyl groups excluding tert-OH is 1. The van der Waals surface area contributed by atoms with Crippen molar-refractivity contribution in [2.75, 3.05) is 25.5 Å². The van der Waals surface area contributed by atoms with E-state index in [1.165, 1.54) is 6.21 Å². The molecule has 0 fully saturated rings. The minimum atomic E-state index is 0.0168. The number of nitrogens with one attached hydrogen (secondary N) is 3. The maximum absolute atomic E-state index is 9.14. The Morgan fingerprint density at radius 3 is 2.61 bits per heavy atom. The van der Waals surface area contributed by atoms with Gasteiger partial charge in [0.15, 0.2) is 0 Å². The summed E-state index contributed by atoms with van der Waals surface area (Å²) in [6.45, 7) is 2.66. The number of anilines is 1. The zero-order valence-corrected chi connectivity index (χ0v) is 18.2. The van der Waals surface area contributed by atoms with Gasteiger partial charge in [0.05, 0.1) is 11.7 Å². The highest BCUT2D eigenvalue weighted by molar-refractivity contribution is 6.08. The second kappa shape index (κ2) is 10.1. The summed E-state index contributed by atoms with van der Waals surface area (Å²) in [7, 11) is 1.82. The van der Waals surface area contributed by atoms with E-state index in [-0.39, 0.29) is 12.6 Å². The Labute approximate surface area is 183 Å². The standard InChI is InChI=1S/C24H32N6O/c1-16(26)24-21-8-5-18(19(14-25)15-28-2)13-22(21)23(9-11-30(24)27)29-20-6-3-17(4-7-20)10-12-31/h3-8,13-15,23,25,28-29,31H,9-12,26-27H2,1-2H3/b19-15+,24-16-,25-14?. The van der Waals surface area contributed by atoms with Crippen LogP contribution in [0, 0.1) is 5.41 Å². The normalized spacial score (nSPS) is 18.1. The molecular formula is C24H32N6O. The fraction of sp³-hybridized carbons (Fsp3) is 0.292. The minimum Gasteiger partial charge on any atom is -0.401 e. The zero-order chi connectivity index (χ0) is 22.4. The summed E-state index contributed by atoms with van der Waals surface area (Å²) >= 11 is 0. The van der Waals surface area contributed by atoms with Crippen molar-refractivity contribution in [3.8, 4) is 0 Å². The minimum absolute atomic E-state index is 0.0168. The van der Waals surface area contributed by atoms with Gasteiger partial charge in [-0.05, 0) is 54.7 Å². The average Bonchev–Trinajstić information content (AvgIpc) is 2.89. The number of rotatable bonds is 7. The van der Waals surface area contributed by atoms with E-state index in [4.69, 9.17) is 22.1 Å². The van der Waals surface area contributed by atoms with Gasteiger partial charge in [-0.15, -0.1) is 0 Å². The van der Waals surface area contributed by atoms with Crippen LogP contribution in [0.4, 0.5) is 5.69 Å². The Morgan fingerprint density at radius 2 is 2.00 bits per heavy atom. The first-order valence-corrected chi connectivity index (χ1v) is 10.5. The molecule has 31 heavy (non-hydrogen) atoms. The highest BCUT2D eigenvalue weighted by atomic mass is 16.2. The van der Waals surface area contributed by atoms with Crippen molar-refractivity contribution in [3.63, 3.8) is 0 Å². The number of aliphatic hydroxyl groups is 1. The highest BCUT2D eigenvalue weighted by Crippen LogP contribution is 2.36. The largest absolute Gasteiger partial charge is 0.401 e. The summed E-state index contributed by atoms with van der Waals surface area (Å²) in [6.07, 6.45) is 4.59. The highest BCUT2D eigenvalue weighted by Gasteiger charge is 2.26. The Hall–Kier alpha value is -3.29. The molecule has 0 amide bonds. The second-order valence-electron chi connectivity index (χ2n) is 7.72. The Kier molecular flexibility index (Phi) is 7.33. The van der Waals surface area contributed by atoms with E-state index in [0.29, 0.717) is 18.7 Å². The van der Waals surface area contributed by atoms with Crippen molar-refractivity contribution in [3.05, 3.63) is 76.6 Å². The van der Waals surface area contributed by atoms with Gasteiger partial charge in [0.1, 0.15) is 0 Å². The molecule has 7 nitrogen and oxygen atoms in total. The lowest BCUT2D eigenvalue weighted by Gasteiger charge is -2.22. The number of benzene rings is 2. The van der Waals surface area contributed by atoms with Crippen molar-refractivity contribution >= 4 is 23.2 Å². The molecular weight excluding hydrogens is 388 g/mol. The average molecular weight is 421 g/mol. The summed E-state index contributed by atoms with van der Waals surface area (Å²) < 4.78 is 0. The number of allylic oxidation sites excluding steroid dienone is 2. The van der Waals surface area contributed by atoms with Crippen molar-refractivity contribution < 1.29 is 5.11 Å². The van der Waals surface area contributed by atoms with E-state index < -0.39 is 0 Å². The molecule has 0 radical (unpaired) electrons. The lowest BCUT2D eigenvalue weighted by molar-refractivity contribution is 0.299. The van der Waals surface area contributed by atoms with E-state index in [2.05, 4.69) is 16.7 Å². The summed E-state index contributed by atoms with van der Waals surface area (Å²) in [5.41, 5.74) is 13.6. The first-order chi connectivity index (χ1) is 15.0. The SMILES string of the molecule is CN/C=C(\C=N)c1ccc2c(c1)C(Nc1ccc(CCO)cc1)CCN(N)/C2=C(/C)N. The lowest BCUT2D eigenvalue weighted by atomic mass is 9.92. The number of hydrazine groups is 1. The smallest absolute Gasteiger partial charge is 0.0777 e. The van der Waals surface area contributed by atoms with Crippen LogP contribution in [0.2, 0.25) is 0 Å². The topological polar surface area (TPSA) is 123 Å². The Balaban J connectivity index is 2.06. The molecule has 1 aliphatic heterocycles. The fourth-order valence-electron chi connectivity index (χ4n) is 3.99. The number of nitrogens with two attached hydrogens (primary N) is 2. The third-order valence-electron chi connectivity index (χ3n) is 5.49. The number of nitrogens with zero attached hydrogens (tertiary/aromatic N) is 1. The molecule has 1 aliphatic rings. The van der Waals surface area contributed by atoms with Gasteiger partial charge in [-0.25, -0.2) is 5.84 Å². The van der Waals surface area contributed by atoms with Crippen LogP contribution in [0.15, 0.2) is 54.4 Å². The third kappa shape index (κ3) is 5.07. The molecule has 8 N–H and O–H groups in total. The van der Waals surface area contributed by atoms with Gasteiger partial charge < -0.3 is 31.9 Å². The van der Waals surface area contributed by atoms with Crippen LogP contribution in [-0.2, 0) is 6.42 Å². The molecule has 2 aromatic carbocycles. The number of hydrogen-bond acceptors (Lipinski definition) is 7. The van der Waals surface area contributed by atoms with Crippen molar-refractivity contribution in [2.24, 2.45) is 11.6 Å². The van der Waals surface area contributed by atoms with Gasteiger partial charge in [0.25, 0.3) is 0 Å². The molecule has 0 aromatic heterocycles.